The fourth-order valence-electron chi connectivity index (χ4n) is 3.24. The van der Waals surface area contributed by atoms with Crippen molar-refractivity contribution in [3.05, 3.63) is 29.3 Å². The number of carbonyl (C=O) groups is 3. The third-order valence-electron chi connectivity index (χ3n) is 5.01. The van der Waals surface area contributed by atoms with Crippen molar-refractivity contribution in [1.29, 1.82) is 0 Å². The maximum Gasteiger partial charge on any atom is 0.317 e. The Hall–Kier alpha value is -2.57. The van der Waals surface area contributed by atoms with E-state index in [2.05, 4.69) is 5.32 Å². The topological polar surface area (TPSA) is 73.0 Å². The van der Waals surface area contributed by atoms with Crippen molar-refractivity contribution >= 4 is 24.0 Å². The highest BCUT2D eigenvalue weighted by molar-refractivity contribution is 5.97. The first-order chi connectivity index (χ1) is 12.0. The molecule has 25 heavy (non-hydrogen) atoms. The summed E-state index contributed by atoms with van der Waals surface area (Å²) in [6.45, 7) is 6.69. The number of carbonyl (C=O) groups excluding carboxylic acids is 3. The zero-order chi connectivity index (χ0) is 18.0. The summed E-state index contributed by atoms with van der Waals surface area (Å²) in [6.07, 6.45) is 1.12. The third-order valence-corrected chi connectivity index (χ3v) is 5.01. The summed E-state index contributed by atoms with van der Waals surface area (Å²) in [5.74, 6) is 0.0272. The summed E-state index contributed by atoms with van der Waals surface area (Å²) < 4.78 is 0. The molecule has 0 bridgehead atoms. The zero-order valence-corrected chi connectivity index (χ0v) is 14.7. The molecular weight excluding hydrogens is 320 g/mol. The molecule has 0 aromatic heterocycles. The van der Waals surface area contributed by atoms with Crippen molar-refractivity contribution < 1.29 is 14.4 Å². The van der Waals surface area contributed by atoms with Crippen molar-refractivity contribution in [3.63, 3.8) is 0 Å². The molecule has 1 N–H and O–H groups in total. The minimum Gasteiger partial charge on any atom is -0.342 e. The molecule has 2 saturated heterocycles. The van der Waals surface area contributed by atoms with E-state index in [-0.39, 0.29) is 18.0 Å². The normalized spacial score (nSPS) is 20.8. The largest absolute Gasteiger partial charge is 0.342 e. The van der Waals surface area contributed by atoms with Gasteiger partial charge in [-0.25, -0.2) is 4.79 Å². The second-order valence-electron chi connectivity index (χ2n) is 6.75. The van der Waals surface area contributed by atoms with E-state index in [0.717, 1.165) is 17.7 Å². The third kappa shape index (κ3) is 3.75. The summed E-state index contributed by atoms with van der Waals surface area (Å²) in [5.41, 5.74) is 3.21. The Balaban J connectivity index is 1.58. The number of hydrogen-bond donors (Lipinski definition) is 1. The lowest BCUT2D eigenvalue weighted by Crippen LogP contribution is -2.53. The molecule has 1 aromatic rings. The van der Waals surface area contributed by atoms with E-state index >= 15 is 0 Å². The number of benzene rings is 1. The smallest absolute Gasteiger partial charge is 0.317 e. The lowest BCUT2D eigenvalue weighted by Gasteiger charge is -2.33. The van der Waals surface area contributed by atoms with E-state index in [1.165, 1.54) is 5.56 Å². The number of nitrogens with zero attached hydrogens (tertiary/aromatic N) is 3. The quantitative estimate of drug-likeness (QED) is 0.828. The highest BCUT2D eigenvalue weighted by Gasteiger charge is 2.33. The molecule has 3 rings (SSSR count). The van der Waals surface area contributed by atoms with Crippen molar-refractivity contribution in [1.82, 2.24) is 15.1 Å². The molecule has 2 heterocycles. The molecule has 1 atom stereocenters. The zero-order valence-electron chi connectivity index (χ0n) is 14.7. The van der Waals surface area contributed by atoms with E-state index in [1.54, 1.807) is 14.7 Å². The van der Waals surface area contributed by atoms with Crippen molar-refractivity contribution in [2.45, 2.75) is 26.3 Å². The van der Waals surface area contributed by atoms with Crippen LogP contribution in [0.1, 0.15) is 17.5 Å². The van der Waals surface area contributed by atoms with Crippen LogP contribution in [0.15, 0.2) is 18.2 Å². The number of urea groups is 1. The fourth-order valence-corrected chi connectivity index (χ4v) is 3.24. The molecule has 134 valence electrons. The maximum absolute atomic E-state index is 12.4. The van der Waals surface area contributed by atoms with Gasteiger partial charge in [0.05, 0.1) is 6.04 Å². The summed E-state index contributed by atoms with van der Waals surface area (Å²) >= 11 is 0. The lowest BCUT2D eigenvalue weighted by molar-refractivity contribution is -0.119. The molecule has 0 unspecified atom stereocenters. The minimum absolute atomic E-state index is 0.0272. The first-order valence-corrected chi connectivity index (χ1v) is 8.60. The van der Waals surface area contributed by atoms with Gasteiger partial charge in [-0.05, 0) is 37.1 Å². The maximum atomic E-state index is 12.4. The highest BCUT2D eigenvalue weighted by atomic mass is 16.2. The predicted molar refractivity (Wildman–Crippen MR) is 94.4 cm³/mol. The van der Waals surface area contributed by atoms with Crippen LogP contribution in [0.25, 0.3) is 0 Å². The molecule has 4 amide bonds. The van der Waals surface area contributed by atoms with Gasteiger partial charge in [-0.1, -0.05) is 6.07 Å². The van der Waals surface area contributed by atoms with Crippen LogP contribution >= 0.6 is 0 Å². The molecule has 2 fully saturated rings. The lowest BCUT2D eigenvalue weighted by atomic mass is 10.1. The number of rotatable bonds is 3. The van der Waals surface area contributed by atoms with Gasteiger partial charge in [0.15, 0.2) is 0 Å². The van der Waals surface area contributed by atoms with E-state index in [9.17, 15) is 14.4 Å². The van der Waals surface area contributed by atoms with Crippen LogP contribution in [0.4, 0.5) is 10.5 Å². The molecular formula is C18H24N4O3. The molecule has 7 nitrogen and oxygen atoms in total. The predicted octanol–water partition coefficient (Wildman–Crippen LogP) is 0.892. The average molecular weight is 344 g/mol. The molecule has 2 aliphatic rings. The van der Waals surface area contributed by atoms with Crippen molar-refractivity contribution in [3.8, 4) is 0 Å². The van der Waals surface area contributed by atoms with Crippen LogP contribution in [-0.2, 0) is 9.59 Å². The number of anilines is 1. The van der Waals surface area contributed by atoms with Gasteiger partial charge in [-0.15, -0.1) is 0 Å². The van der Waals surface area contributed by atoms with Crippen LogP contribution in [0.2, 0.25) is 0 Å². The van der Waals surface area contributed by atoms with Crippen LogP contribution in [-0.4, -0.2) is 66.9 Å². The van der Waals surface area contributed by atoms with Gasteiger partial charge in [0.25, 0.3) is 0 Å². The monoisotopic (exact) mass is 344 g/mol. The number of nitrogens with one attached hydrogen (secondary N) is 1. The van der Waals surface area contributed by atoms with Gasteiger partial charge in [0.2, 0.25) is 12.3 Å². The van der Waals surface area contributed by atoms with Crippen molar-refractivity contribution in [2.24, 2.45) is 0 Å². The molecule has 0 spiro atoms. The summed E-state index contributed by atoms with van der Waals surface area (Å²) in [6, 6.07) is 5.62. The molecule has 1 aromatic carbocycles. The Morgan fingerprint density at radius 1 is 1.16 bits per heavy atom. The van der Waals surface area contributed by atoms with Crippen LogP contribution in [0.3, 0.4) is 0 Å². The number of piperazine rings is 1. The minimum atomic E-state index is -0.189. The standard InChI is InChI=1S/C18H24N4O3/c1-13-3-4-16(9-14(13)2)22-11-15(10-17(22)24)19-18(25)21-7-5-20(12-23)6-8-21/h3-4,9,12,15H,5-8,10-11H2,1-2H3,(H,19,25)/t15-/m0/s1. The fraction of sp³-hybridized carbons (Fsp3) is 0.500. The van der Waals surface area contributed by atoms with Crippen LogP contribution in [0.5, 0.6) is 0 Å². The van der Waals surface area contributed by atoms with Crippen molar-refractivity contribution in [2.75, 3.05) is 37.6 Å². The highest BCUT2D eigenvalue weighted by Crippen LogP contribution is 2.24. The molecule has 7 heteroatoms. The molecule has 0 radical (unpaired) electrons. The number of aryl methyl sites for hydroxylation is 2. The second kappa shape index (κ2) is 7.13. The Kier molecular flexibility index (Phi) is 4.92. The van der Waals surface area contributed by atoms with Gasteiger partial charge in [-0.3, -0.25) is 9.59 Å². The van der Waals surface area contributed by atoms with Crippen LogP contribution < -0.4 is 10.2 Å². The van der Waals surface area contributed by atoms with Gasteiger partial charge in [0, 0.05) is 44.8 Å². The van der Waals surface area contributed by atoms with E-state index in [1.807, 2.05) is 32.0 Å². The Morgan fingerprint density at radius 3 is 2.52 bits per heavy atom. The second-order valence-corrected chi connectivity index (χ2v) is 6.75. The SMILES string of the molecule is Cc1ccc(N2C[C@@H](NC(=O)N3CCN(C=O)CC3)CC2=O)cc1C. The summed E-state index contributed by atoms with van der Waals surface area (Å²) in [7, 11) is 0. The van der Waals surface area contributed by atoms with E-state index < -0.39 is 0 Å². The average Bonchev–Trinajstić information content (AvgIpc) is 2.97. The van der Waals surface area contributed by atoms with Gasteiger partial charge < -0.3 is 20.0 Å². The summed E-state index contributed by atoms with van der Waals surface area (Å²) in [5, 5.41) is 2.96. The molecule has 0 aliphatic carbocycles. The van der Waals surface area contributed by atoms with Gasteiger partial charge in [0.1, 0.15) is 0 Å². The van der Waals surface area contributed by atoms with E-state index in [0.29, 0.717) is 39.1 Å². The number of hydrogen-bond acceptors (Lipinski definition) is 3. The first-order valence-electron chi connectivity index (χ1n) is 8.60. The first kappa shape index (κ1) is 17.3. The Morgan fingerprint density at radius 2 is 1.88 bits per heavy atom. The Labute approximate surface area is 147 Å². The van der Waals surface area contributed by atoms with E-state index in [4.69, 9.17) is 0 Å². The van der Waals surface area contributed by atoms with Crippen LogP contribution in [0, 0.1) is 13.8 Å². The number of amides is 4. The van der Waals surface area contributed by atoms with Gasteiger partial charge in [-0.2, -0.15) is 0 Å². The summed E-state index contributed by atoms with van der Waals surface area (Å²) in [4.78, 5) is 40.5. The molecule has 2 aliphatic heterocycles. The Bertz CT molecular complexity index is 683. The van der Waals surface area contributed by atoms with Gasteiger partial charge >= 0.3 is 6.03 Å². The molecule has 0 saturated carbocycles.